The Labute approximate surface area is 194 Å². The number of nitrogen functional groups attached to an aromatic ring is 1. The maximum Gasteiger partial charge on any atom is 0.221 e. The number of amides is 1. The maximum absolute atomic E-state index is 13.2. The van der Waals surface area contributed by atoms with Gasteiger partial charge in [0, 0.05) is 18.4 Å². The molecular weight excluding hydrogens is 437 g/mol. The summed E-state index contributed by atoms with van der Waals surface area (Å²) in [5.41, 5.74) is 7.93. The Balaban J connectivity index is 1.32. The molecule has 0 aliphatic rings. The Bertz CT molecular complexity index is 1430. The van der Waals surface area contributed by atoms with E-state index < -0.39 is 0 Å². The molecule has 0 radical (unpaired) electrons. The highest BCUT2D eigenvalue weighted by molar-refractivity contribution is 5.79. The summed E-state index contributed by atoms with van der Waals surface area (Å²) in [5, 5.41) is 21.4. The number of carbonyl (C=O) groups is 1. The number of anilines is 1. The molecule has 0 unspecified atom stereocenters. The smallest absolute Gasteiger partial charge is 0.221 e. The van der Waals surface area contributed by atoms with E-state index in [1.54, 1.807) is 22.9 Å². The first-order chi connectivity index (χ1) is 16.5. The third-order valence-corrected chi connectivity index (χ3v) is 5.40. The van der Waals surface area contributed by atoms with Gasteiger partial charge >= 0.3 is 0 Å². The number of rotatable bonds is 8. The molecule has 172 valence electrons. The number of nitriles is 1. The van der Waals surface area contributed by atoms with Gasteiger partial charge in [-0.25, -0.2) is 9.07 Å². The lowest BCUT2D eigenvalue weighted by Gasteiger charge is -2.09. The van der Waals surface area contributed by atoms with Crippen molar-refractivity contribution in [1.82, 2.24) is 24.9 Å². The molecule has 1 amide bonds. The van der Waals surface area contributed by atoms with Crippen LogP contribution in [-0.4, -0.2) is 32.0 Å². The fourth-order valence-electron chi connectivity index (χ4n) is 3.67. The van der Waals surface area contributed by atoms with Crippen molar-refractivity contribution < 1.29 is 9.18 Å². The molecule has 4 aromatic rings. The molecule has 0 saturated heterocycles. The molecule has 0 saturated carbocycles. The second kappa shape index (κ2) is 9.95. The van der Waals surface area contributed by atoms with Crippen LogP contribution in [-0.2, 0) is 17.8 Å². The van der Waals surface area contributed by atoms with Crippen LogP contribution in [0.25, 0.3) is 16.6 Å². The molecule has 34 heavy (non-hydrogen) atoms. The molecule has 0 spiro atoms. The number of benzene rings is 2. The maximum atomic E-state index is 13.2. The number of carbonyl (C=O) groups excluding carboxylic acids is 1. The Kier molecular flexibility index (Phi) is 6.64. The average molecular weight is 459 g/mol. The highest BCUT2D eigenvalue weighted by atomic mass is 19.1. The van der Waals surface area contributed by atoms with Crippen LogP contribution in [0.1, 0.15) is 24.1 Å². The van der Waals surface area contributed by atoms with Crippen LogP contribution in [0.4, 0.5) is 10.2 Å². The van der Waals surface area contributed by atoms with Crippen molar-refractivity contribution in [3.8, 4) is 11.8 Å². The quantitative estimate of drug-likeness (QED) is 0.389. The molecule has 0 atom stereocenters. The summed E-state index contributed by atoms with van der Waals surface area (Å²) >= 11 is 0. The van der Waals surface area contributed by atoms with Crippen LogP contribution in [0.5, 0.6) is 0 Å². The summed E-state index contributed by atoms with van der Waals surface area (Å²) in [5.74, 6) is -0.342. The fourth-order valence-corrected chi connectivity index (χ4v) is 3.67. The van der Waals surface area contributed by atoms with Gasteiger partial charge in [0.1, 0.15) is 23.3 Å². The van der Waals surface area contributed by atoms with E-state index in [1.165, 1.54) is 35.1 Å². The molecule has 0 aliphatic carbocycles. The fraction of sp³-hybridized carbons (Fsp3) is 0.208. The number of nitrogens with two attached hydrogens (primary N) is 1. The summed E-state index contributed by atoms with van der Waals surface area (Å²) in [6.07, 6.45) is 2.45. The van der Waals surface area contributed by atoms with E-state index in [4.69, 9.17) is 5.73 Å². The molecule has 2 aromatic carbocycles. The van der Waals surface area contributed by atoms with E-state index in [9.17, 15) is 19.2 Å². The molecule has 0 aliphatic heterocycles. The summed E-state index contributed by atoms with van der Waals surface area (Å²) in [6.45, 7) is 0.731. The number of aryl methyl sites for hydroxylation is 2. The van der Waals surface area contributed by atoms with Gasteiger partial charge in [-0.1, -0.05) is 12.1 Å². The SMILES string of the molecule is N#Cc1c(CCCNC(=O)CCn2ncc(=O)c3ccccc32)nn(-c2ccc(F)cc2)c1N. The molecule has 9 nitrogen and oxygen atoms in total. The lowest BCUT2D eigenvalue weighted by molar-refractivity contribution is -0.121. The second-order valence-electron chi connectivity index (χ2n) is 7.66. The monoisotopic (exact) mass is 459 g/mol. The highest BCUT2D eigenvalue weighted by Crippen LogP contribution is 2.21. The van der Waals surface area contributed by atoms with E-state index in [0.29, 0.717) is 48.2 Å². The van der Waals surface area contributed by atoms with E-state index in [-0.39, 0.29) is 35.0 Å². The first-order valence-electron chi connectivity index (χ1n) is 10.7. The third kappa shape index (κ3) is 4.78. The molecule has 0 bridgehead atoms. The van der Waals surface area contributed by atoms with E-state index >= 15 is 0 Å². The predicted molar refractivity (Wildman–Crippen MR) is 125 cm³/mol. The summed E-state index contributed by atoms with van der Waals surface area (Å²) in [4.78, 5) is 24.2. The summed E-state index contributed by atoms with van der Waals surface area (Å²) in [6, 6.07) is 14.9. The first kappa shape index (κ1) is 22.7. The Morgan fingerprint density at radius 1 is 1.18 bits per heavy atom. The normalized spacial score (nSPS) is 10.8. The van der Waals surface area contributed by atoms with Crippen LogP contribution in [0.2, 0.25) is 0 Å². The minimum atomic E-state index is -0.379. The van der Waals surface area contributed by atoms with Crippen molar-refractivity contribution in [2.45, 2.75) is 25.8 Å². The number of aromatic nitrogens is 4. The number of nitrogens with one attached hydrogen (secondary N) is 1. The van der Waals surface area contributed by atoms with Crippen molar-refractivity contribution >= 4 is 22.6 Å². The van der Waals surface area contributed by atoms with Gasteiger partial charge in [0.05, 0.1) is 29.6 Å². The van der Waals surface area contributed by atoms with Gasteiger partial charge in [-0.15, -0.1) is 0 Å². The largest absolute Gasteiger partial charge is 0.382 e. The second-order valence-corrected chi connectivity index (χ2v) is 7.66. The van der Waals surface area contributed by atoms with Crippen molar-refractivity contribution in [3.63, 3.8) is 0 Å². The van der Waals surface area contributed by atoms with Gasteiger partial charge < -0.3 is 11.1 Å². The van der Waals surface area contributed by atoms with E-state index in [2.05, 4.69) is 21.6 Å². The molecular formula is C24H22FN7O2. The van der Waals surface area contributed by atoms with E-state index in [1.807, 2.05) is 6.07 Å². The zero-order valence-corrected chi connectivity index (χ0v) is 18.2. The minimum Gasteiger partial charge on any atom is -0.382 e. The van der Waals surface area contributed by atoms with Gasteiger partial charge in [0.15, 0.2) is 0 Å². The number of para-hydroxylation sites is 1. The van der Waals surface area contributed by atoms with Crippen LogP contribution < -0.4 is 16.5 Å². The molecule has 0 fully saturated rings. The molecule has 2 aromatic heterocycles. The topological polar surface area (TPSA) is 132 Å². The number of halogens is 1. The Hall–Kier alpha value is -4.52. The van der Waals surface area contributed by atoms with Crippen molar-refractivity contribution in [2.75, 3.05) is 12.3 Å². The zero-order valence-electron chi connectivity index (χ0n) is 18.2. The van der Waals surface area contributed by atoms with Gasteiger partial charge in [0.2, 0.25) is 11.3 Å². The molecule has 4 rings (SSSR count). The number of fused-ring (bicyclic) bond motifs is 1. The molecule has 2 heterocycles. The van der Waals surface area contributed by atoms with Crippen LogP contribution in [0, 0.1) is 17.1 Å². The van der Waals surface area contributed by atoms with Crippen LogP contribution in [0.15, 0.2) is 59.5 Å². The average Bonchev–Trinajstić information content (AvgIpc) is 3.17. The van der Waals surface area contributed by atoms with Gasteiger partial charge in [-0.05, 0) is 49.2 Å². The zero-order chi connectivity index (χ0) is 24.1. The Morgan fingerprint density at radius 3 is 2.71 bits per heavy atom. The van der Waals surface area contributed by atoms with Gasteiger partial charge in [-0.3, -0.25) is 14.3 Å². The number of nitrogens with zero attached hydrogens (tertiary/aromatic N) is 5. The van der Waals surface area contributed by atoms with Crippen LogP contribution >= 0.6 is 0 Å². The lowest BCUT2D eigenvalue weighted by atomic mass is 10.1. The first-order valence-corrected chi connectivity index (χ1v) is 10.7. The molecule has 3 N–H and O–H groups in total. The van der Waals surface area contributed by atoms with Gasteiger partial charge in [0.25, 0.3) is 0 Å². The Morgan fingerprint density at radius 2 is 1.94 bits per heavy atom. The summed E-state index contributed by atoms with van der Waals surface area (Å²) < 4.78 is 16.2. The standard InChI is InChI=1S/C24H22FN7O2/c25-16-7-9-17(10-8-16)32-24(27)19(14-26)20(30-32)5-3-12-28-23(34)11-13-31-21-6-2-1-4-18(21)22(33)15-29-31/h1-2,4,6-10,15H,3,5,11-13,27H2,(H,28,34). The molecule has 10 heteroatoms. The third-order valence-electron chi connectivity index (χ3n) is 5.40. The van der Waals surface area contributed by atoms with Crippen molar-refractivity contribution in [1.29, 1.82) is 5.26 Å². The van der Waals surface area contributed by atoms with Crippen LogP contribution in [0.3, 0.4) is 0 Å². The van der Waals surface area contributed by atoms with Crippen molar-refractivity contribution in [3.05, 3.63) is 82.0 Å². The number of hydrogen-bond acceptors (Lipinski definition) is 6. The van der Waals surface area contributed by atoms with Crippen molar-refractivity contribution in [2.24, 2.45) is 0 Å². The minimum absolute atomic E-state index is 0.151. The number of hydrogen-bond donors (Lipinski definition) is 2. The van der Waals surface area contributed by atoms with E-state index in [0.717, 1.165) is 0 Å². The highest BCUT2D eigenvalue weighted by Gasteiger charge is 2.16. The predicted octanol–water partition coefficient (Wildman–Crippen LogP) is 2.31. The summed E-state index contributed by atoms with van der Waals surface area (Å²) in [7, 11) is 0. The van der Waals surface area contributed by atoms with Gasteiger partial charge in [-0.2, -0.15) is 15.5 Å². The lowest BCUT2D eigenvalue weighted by Crippen LogP contribution is -2.26.